The molecule has 0 aliphatic carbocycles. The van der Waals surface area contributed by atoms with Crippen molar-refractivity contribution in [2.24, 2.45) is 0 Å². The topological polar surface area (TPSA) is 32.7 Å². The predicted molar refractivity (Wildman–Crippen MR) is 21.4 cm³/mol. The number of hydrogen-bond acceptors (Lipinski definition) is 4. The van der Waals surface area contributed by atoms with E-state index in [0.717, 1.165) is 11.9 Å². The summed E-state index contributed by atoms with van der Waals surface area (Å²) in [7, 11) is 0. The zero-order valence-corrected chi connectivity index (χ0v) is 3.68. The van der Waals surface area contributed by atoms with Gasteiger partial charge in [0.1, 0.15) is 6.26 Å². The van der Waals surface area contributed by atoms with Crippen molar-refractivity contribution in [2.75, 3.05) is 0 Å². The second-order valence-electron chi connectivity index (χ2n) is 0.721. The number of hydrogen-bond donors (Lipinski definition) is 1. The van der Waals surface area contributed by atoms with Crippen LogP contribution >= 0.6 is 11.9 Å². The van der Waals surface area contributed by atoms with Gasteiger partial charge in [0.15, 0.2) is 0 Å². The number of nitrogens with zero attached hydrogens (tertiary/aromatic N) is 1. The summed E-state index contributed by atoms with van der Waals surface area (Å²) in [5.74, 6) is 0. The normalized spacial score (nSPS) is 21.5. The Balaban J connectivity index is 2.32. The highest BCUT2D eigenvalue weighted by molar-refractivity contribution is 7.99. The largest absolute Gasteiger partial charge is 0.377 e. The molecule has 0 aromatic heterocycles. The van der Waals surface area contributed by atoms with Crippen LogP contribution in [0.25, 0.3) is 0 Å². The molecule has 0 bridgehead atoms. The quantitative estimate of drug-likeness (QED) is 0.460. The average molecular weight is 105 g/mol. The molecule has 0 aromatic rings. The molecular weight excluding hydrogens is 102 g/mol. The standard InChI is InChI=1S/C2H3NO2S/c4-3-5-1-2-6-3/h1-2,4H. The molecule has 0 radical (unpaired) electrons. The average Bonchev–Trinajstić information content (AvgIpc) is 1.86. The lowest BCUT2D eigenvalue weighted by Gasteiger charge is -1.97. The molecule has 1 rings (SSSR count). The minimum atomic E-state index is 0.667. The van der Waals surface area contributed by atoms with Crippen LogP contribution < -0.4 is 0 Å². The van der Waals surface area contributed by atoms with E-state index < -0.39 is 0 Å². The molecule has 0 spiro atoms. The Hall–Kier alpha value is -0.190. The molecule has 0 aromatic carbocycles. The van der Waals surface area contributed by atoms with Crippen LogP contribution in [0.5, 0.6) is 0 Å². The molecule has 3 nitrogen and oxygen atoms in total. The van der Waals surface area contributed by atoms with Gasteiger partial charge in [-0.05, 0) is 0 Å². The van der Waals surface area contributed by atoms with E-state index >= 15 is 0 Å². The molecule has 0 amide bonds. The van der Waals surface area contributed by atoms with E-state index in [-0.39, 0.29) is 0 Å². The first-order valence-corrected chi connectivity index (χ1v) is 2.21. The van der Waals surface area contributed by atoms with Gasteiger partial charge in [-0.2, -0.15) is 0 Å². The Morgan fingerprint density at radius 1 is 1.83 bits per heavy atom. The Morgan fingerprint density at radius 2 is 2.67 bits per heavy atom. The van der Waals surface area contributed by atoms with Crippen molar-refractivity contribution in [2.45, 2.75) is 0 Å². The van der Waals surface area contributed by atoms with Crippen molar-refractivity contribution in [1.82, 2.24) is 4.63 Å². The van der Waals surface area contributed by atoms with Gasteiger partial charge in [-0.15, -0.1) is 0 Å². The van der Waals surface area contributed by atoms with Gasteiger partial charge in [-0.1, -0.05) is 0 Å². The van der Waals surface area contributed by atoms with Crippen molar-refractivity contribution in [3.8, 4) is 0 Å². The number of rotatable bonds is 0. The van der Waals surface area contributed by atoms with E-state index in [0.29, 0.717) is 4.63 Å². The van der Waals surface area contributed by atoms with Crippen molar-refractivity contribution in [3.05, 3.63) is 11.7 Å². The molecule has 1 aliphatic heterocycles. The highest BCUT2D eigenvalue weighted by Crippen LogP contribution is 2.14. The third kappa shape index (κ3) is 0.649. The first-order valence-electron chi connectivity index (χ1n) is 1.37. The fourth-order valence-corrected chi connectivity index (χ4v) is 0.482. The van der Waals surface area contributed by atoms with Crippen molar-refractivity contribution < 1.29 is 10.0 Å². The van der Waals surface area contributed by atoms with Crippen molar-refractivity contribution in [1.29, 1.82) is 0 Å². The first kappa shape index (κ1) is 3.98. The van der Waals surface area contributed by atoms with Gasteiger partial charge in [0.25, 0.3) is 0 Å². The zero-order valence-electron chi connectivity index (χ0n) is 2.87. The molecule has 0 fully saturated rings. The molecule has 0 unspecified atom stereocenters. The lowest BCUT2D eigenvalue weighted by atomic mass is 11.2. The van der Waals surface area contributed by atoms with Crippen LogP contribution in [-0.4, -0.2) is 9.84 Å². The SMILES string of the molecule is ON1OC=CS1. The molecule has 6 heavy (non-hydrogen) atoms. The van der Waals surface area contributed by atoms with Crippen LogP contribution in [0.2, 0.25) is 0 Å². The highest BCUT2D eigenvalue weighted by atomic mass is 32.2. The van der Waals surface area contributed by atoms with Crippen LogP contribution in [0.3, 0.4) is 0 Å². The summed E-state index contributed by atoms with van der Waals surface area (Å²) in [6, 6.07) is 0. The zero-order chi connectivity index (χ0) is 4.41. The monoisotopic (exact) mass is 105 g/mol. The van der Waals surface area contributed by atoms with Gasteiger partial charge < -0.3 is 4.84 Å². The van der Waals surface area contributed by atoms with Gasteiger partial charge in [-0.3, -0.25) is 5.21 Å². The smallest absolute Gasteiger partial charge is 0.123 e. The van der Waals surface area contributed by atoms with Gasteiger partial charge in [0.05, 0.1) is 0 Å². The Bertz CT molecular complexity index is 65.9. The molecule has 4 heteroatoms. The van der Waals surface area contributed by atoms with Crippen LogP contribution in [0.1, 0.15) is 0 Å². The minimum Gasteiger partial charge on any atom is -0.377 e. The van der Waals surface area contributed by atoms with Crippen molar-refractivity contribution in [3.63, 3.8) is 0 Å². The predicted octanol–water partition coefficient (Wildman–Crippen LogP) is 0.742. The molecule has 34 valence electrons. The Kier molecular flexibility index (Phi) is 0.999. The molecule has 0 saturated carbocycles. The van der Waals surface area contributed by atoms with Crippen LogP contribution in [0, 0.1) is 0 Å². The lowest BCUT2D eigenvalue weighted by molar-refractivity contribution is -0.217. The maximum absolute atomic E-state index is 8.24. The van der Waals surface area contributed by atoms with Gasteiger partial charge in [0, 0.05) is 22.0 Å². The summed E-state index contributed by atoms with van der Waals surface area (Å²) in [6.07, 6.45) is 1.39. The van der Waals surface area contributed by atoms with Crippen LogP contribution in [0.15, 0.2) is 11.7 Å². The third-order valence-corrected chi connectivity index (χ3v) is 0.857. The fraction of sp³-hybridized carbons (Fsp3) is 0. The molecule has 0 saturated heterocycles. The third-order valence-electron chi connectivity index (χ3n) is 0.358. The molecule has 1 heterocycles. The summed E-state index contributed by atoms with van der Waals surface area (Å²) in [4.78, 5) is 4.32. The maximum atomic E-state index is 8.24. The molecule has 0 atom stereocenters. The fourth-order valence-electron chi connectivity index (χ4n) is 0.179. The second-order valence-corrected chi connectivity index (χ2v) is 1.52. The van der Waals surface area contributed by atoms with Crippen LogP contribution in [0.4, 0.5) is 0 Å². The summed E-state index contributed by atoms with van der Waals surface area (Å²) in [5, 5.41) is 9.87. The van der Waals surface area contributed by atoms with Crippen molar-refractivity contribution >= 4 is 11.9 Å². The molecular formula is C2H3NO2S. The van der Waals surface area contributed by atoms with E-state index in [4.69, 9.17) is 5.21 Å². The van der Waals surface area contributed by atoms with E-state index in [2.05, 4.69) is 4.84 Å². The van der Waals surface area contributed by atoms with Gasteiger partial charge in [-0.25, -0.2) is 0 Å². The highest BCUT2D eigenvalue weighted by Gasteiger charge is 2.00. The maximum Gasteiger partial charge on any atom is 0.123 e. The Labute approximate surface area is 39.2 Å². The van der Waals surface area contributed by atoms with E-state index in [1.165, 1.54) is 6.26 Å². The minimum absolute atomic E-state index is 0.667. The van der Waals surface area contributed by atoms with Gasteiger partial charge >= 0.3 is 0 Å². The summed E-state index contributed by atoms with van der Waals surface area (Å²) in [6.45, 7) is 0. The van der Waals surface area contributed by atoms with Crippen LogP contribution in [-0.2, 0) is 4.84 Å². The summed E-state index contributed by atoms with van der Waals surface area (Å²) >= 11 is 1.08. The molecule has 1 N–H and O–H groups in total. The van der Waals surface area contributed by atoms with Gasteiger partial charge in [0.2, 0.25) is 0 Å². The second kappa shape index (κ2) is 1.51. The van der Waals surface area contributed by atoms with E-state index in [9.17, 15) is 0 Å². The first-order chi connectivity index (χ1) is 2.89. The summed E-state index contributed by atoms with van der Waals surface area (Å²) < 4.78 is 0.667. The summed E-state index contributed by atoms with van der Waals surface area (Å²) in [5.41, 5.74) is 0. The lowest BCUT2D eigenvalue weighted by Crippen LogP contribution is -1.99. The Morgan fingerprint density at radius 3 is 2.83 bits per heavy atom. The van der Waals surface area contributed by atoms with E-state index in [1.54, 1.807) is 5.41 Å². The molecule has 1 aliphatic rings. The van der Waals surface area contributed by atoms with E-state index in [1.807, 2.05) is 0 Å².